The number of hydrogen-bond acceptors (Lipinski definition) is 2. The minimum atomic E-state index is -1.29. The third-order valence-electron chi connectivity index (χ3n) is 2.63. The smallest absolute Gasteiger partial charge is 0.124 e. The lowest BCUT2D eigenvalue weighted by Crippen LogP contribution is -2.01. The van der Waals surface area contributed by atoms with Crippen molar-refractivity contribution >= 4 is 32.4 Å². The lowest BCUT2D eigenvalue weighted by atomic mass is 10.2. The van der Waals surface area contributed by atoms with Crippen LogP contribution in [0.25, 0.3) is 0 Å². The van der Waals surface area contributed by atoms with Crippen LogP contribution in [-0.2, 0) is 16.6 Å². The minimum Gasteiger partial charge on any atom is -0.398 e. The fourth-order valence-corrected chi connectivity index (χ4v) is 3.55. The summed E-state index contributed by atoms with van der Waals surface area (Å²) >= 11 is 3.22. The Kier molecular flexibility index (Phi) is 4.37. The summed E-state index contributed by atoms with van der Waals surface area (Å²) in [6.45, 7) is 1.92. The summed E-state index contributed by atoms with van der Waals surface area (Å²) < 4.78 is 26.2. The van der Waals surface area contributed by atoms with E-state index in [2.05, 4.69) is 15.9 Å². The van der Waals surface area contributed by atoms with Crippen LogP contribution in [-0.4, -0.2) is 4.21 Å². The molecule has 0 saturated carbocycles. The fourth-order valence-electron chi connectivity index (χ4n) is 1.76. The van der Waals surface area contributed by atoms with Crippen LogP contribution >= 0.6 is 15.9 Å². The molecule has 2 aromatic carbocycles. The van der Waals surface area contributed by atoms with Crippen LogP contribution in [0, 0.1) is 12.7 Å². The monoisotopic (exact) mass is 341 g/mol. The van der Waals surface area contributed by atoms with E-state index in [4.69, 9.17) is 5.73 Å². The summed E-state index contributed by atoms with van der Waals surface area (Å²) in [5.41, 5.74) is 8.00. The average molecular weight is 342 g/mol. The van der Waals surface area contributed by atoms with E-state index >= 15 is 0 Å². The largest absolute Gasteiger partial charge is 0.398 e. The Morgan fingerprint density at radius 2 is 2.00 bits per heavy atom. The zero-order chi connectivity index (χ0) is 14.0. The Balaban J connectivity index is 2.28. The van der Waals surface area contributed by atoms with Crippen LogP contribution in [0.4, 0.5) is 10.1 Å². The molecule has 2 rings (SSSR count). The predicted octanol–water partition coefficient (Wildman–Crippen LogP) is 3.79. The van der Waals surface area contributed by atoms with Crippen LogP contribution < -0.4 is 5.73 Å². The maximum atomic E-state index is 13.3. The number of halogens is 2. The molecule has 0 aliphatic rings. The average Bonchev–Trinajstić information content (AvgIpc) is 2.30. The SMILES string of the molecule is Cc1ccc(N)c(S(=O)Cc2cc(F)cc(Br)c2)c1. The van der Waals surface area contributed by atoms with Crippen molar-refractivity contribution in [3.8, 4) is 0 Å². The van der Waals surface area contributed by atoms with Crippen molar-refractivity contribution in [3.05, 3.63) is 57.8 Å². The molecule has 100 valence electrons. The molecule has 19 heavy (non-hydrogen) atoms. The molecule has 0 bridgehead atoms. The minimum absolute atomic E-state index is 0.240. The molecule has 0 saturated heterocycles. The molecule has 2 nitrogen and oxygen atoms in total. The Morgan fingerprint density at radius 1 is 1.26 bits per heavy atom. The van der Waals surface area contributed by atoms with Gasteiger partial charge in [-0.25, -0.2) is 4.39 Å². The van der Waals surface area contributed by atoms with Crippen LogP contribution in [0.5, 0.6) is 0 Å². The highest BCUT2D eigenvalue weighted by Crippen LogP contribution is 2.22. The van der Waals surface area contributed by atoms with E-state index in [9.17, 15) is 8.60 Å². The molecular formula is C14H13BrFNOS. The zero-order valence-corrected chi connectivity index (χ0v) is 12.7. The van der Waals surface area contributed by atoms with E-state index in [-0.39, 0.29) is 11.6 Å². The van der Waals surface area contributed by atoms with Crippen molar-refractivity contribution < 1.29 is 8.60 Å². The highest BCUT2D eigenvalue weighted by Gasteiger charge is 2.10. The molecule has 0 aromatic heterocycles. The quantitative estimate of drug-likeness (QED) is 0.863. The number of anilines is 1. The lowest BCUT2D eigenvalue weighted by Gasteiger charge is -2.07. The Hall–Kier alpha value is -1.20. The summed E-state index contributed by atoms with van der Waals surface area (Å²) in [5, 5.41) is 0. The van der Waals surface area contributed by atoms with Gasteiger partial charge in [0.1, 0.15) is 5.82 Å². The van der Waals surface area contributed by atoms with Gasteiger partial charge in [-0.2, -0.15) is 0 Å². The van der Waals surface area contributed by atoms with E-state index in [0.717, 1.165) is 5.56 Å². The lowest BCUT2D eigenvalue weighted by molar-refractivity contribution is 0.625. The number of aryl methyl sites for hydroxylation is 1. The van der Waals surface area contributed by atoms with Gasteiger partial charge < -0.3 is 5.73 Å². The summed E-state index contributed by atoms with van der Waals surface area (Å²) in [7, 11) is -1.29. The summed E-state index contributed by atoms with van der Waals surface area (Å²) in [6.07, 6.45) is 0. The molecule has 1 atom stereocenters. The first-order valence-electron chi connectivity index (χ1n) is 5.65. The van der Waals surface area contributed by atoms with Gasteiger partial charge in [-0.1, -0.05) is 22.0 Å². The Labute approximate surface area is 122 Å². The van der Waals surface area contributed by atoms with Crippen molar-refractivity contribution in [3.63, 3.8) is 0 Å². The van der Waals surface area contributed by atoms with E-state index in [1.807, 2.05) is 13.0 Å². The molecule has 1 unspecified atom stereocenters. The number of nitrogens with two attached hydrogens (primary N) is 1. The molecule has 2 N–H and O–H groups in total. The number of benzene rings is 2. The number of hydrogen-bond donors (Lipinski definition) is 1. The number of rotatable bonds is 3. The predicted molar refractivity (Wildman–Crippen MR) is 79.8 cm³/mol. The second-order valence-corrected chi connectivity index (χ2v) is 6.64. The fraction of sp³-hybridized carbons (Fsp3) is 0.143. The van der Waals surface area contributed by atoms with Gasteiger partial charge in [0, 0.05) is 10.2 Å². The van der Waals surface area contributed by atoms with Crippen LogP contribution in [0.2, 0.25) is 0 Å². The maximum Gasteiger partial charge on any atom is 0.124 e. The van der Waals surface area contributed by atoms with Crippen molar-refractivity contribution in [1.82, 2.24) is 0 Å². The first kappa shape index (κ1) is 14.2. The highest BCUT2D eigenvalue weighted by atomic mass is 79.9. The standard InChI is InChI=1S/C14H13BrFNOS/c1-9-2-3-13(17)14(4-9)19(18)8-10-5-11(15)7-12(16)6-10/h2-7H,8,17H2,1H3. The third-order valence-corrected chi connectivity index (χ3v) is 4.53. The zero-order valence-electron chi connectivity index (χ0n) is 10.3. The second-order valence-electron chi connectivity index (χ2n) is 4.31. The third kappa shape index (κ3) is 3.64. The van der Waals surface area contributed by atoms with Gasteiger partial charge in [0.25, 0.3) is 0 Å². The van der Waals surface area contributed by atoms with Crippen LogP contribution in [0.3, 0.4) is 0 Å². The van der Waals surface area contributed by atoms with Crippen LogP contribution in [0.15, 0.2) is 45.8 Å². The molecule has 0 aliphatic heterocycles. The van der Waals surface area contributed by atoms with Crippen molar-refractivity contribution in [2.45, 2.75) is 17.6 Å². The highest BCUT2D eigenvalue weighted by molar-refractivity contribution is 9.10. The van der Waals surface area contributed by atoms with Gasteiger partial charge in [-0.15, -0.1) is 0 Å². The molecule has 0 amide bonds. The molecule has 0 spiro atoms. The van der Waals surface area contributed by atoms with Crippen molar-refractivity contribution in [1.29, 1.82) is 0 Å². The summed E-state index contributed by atoms with van der Waals surface area (Å²) in [6, 6.07) is 9.92. The molecule has 0 heterocycles. The number of nitrogen functional groups attached to an aromatic ring is 1. The molecule has 5 heteroatoms. The van der Waals surface area contributed by atoms with Crippen molar-refractivity contribution in [2.24, 2.45) is 0 Å². The molecule has 0 aliphatic carbocycles. The van der Waals surface area contributed by atoms with Crippen LogP contribution in [0.1, 0.15) is 11.1 Å². The van der Waals surface area contributed by atoms with E-state index in [1.54, 1.807) is 18.2 Å². The van der Waals surface area contributed by atoms with E-state index in [0.29, 0.717) is 20.6 Å². The first-order chi connectivity index (χ1) is 8.95. The van der Waals surface area contributed by atoms with Gasteiger partial charge >= 0.3 is 0 Å². The van der Waals surface area contributed by atoms with Crippen molar-refractivity contribution in [2.75, 3.05) is 5.73 Å². The van der Waals surface area contributed by atoms with Gasteiger partial charge in [0.15, 0.2) is 0 Å². The Bertz CT molecular complexity index is 625. The molecular weight excluding hydrogens is 329 g/mol. The molecule has 0 radical (unpaired) electrons. The van der Waals surface area contributed by atoms with Gasteiger partial charge in [-0.05, 0) is 48.4 Å². The topological polar surface area (TPSA) is 43.1 Å². The van der Waals surface area contributed by atoms with Gasteiger partial charge in [0.2, 0.25) is 0 Å². The summed E-state index contributed by atoms with van der Waals surface area (Å²) in [5.74, 6) is -0.108. The van der Waals surface area contributed by atoms with E-state index in [1.165, 1.54) is 12.1 Å². The summed E-state index contributed by atoms with van der Waals surface area (Å²) in [4.78, 5) is 0.598. The van der Waals surface area contributed by atoms with Gasteiger partial charge in [-0.3, -0.25) is 4.21 Å². The van der Waals surface area contributed by atoms with E-state index < -0.39 is 10.8 Å². The molecule has 2 aromatic rings. The normalized spacial score (nSPS) is 12.4. The first-order valence-corrected chi connectivity index (χ1v) is 7.76. The Morgan fingerprint density at radius 3 is 2.68 bits per heavy atom. The second kappa shape index (κ2) is 5.84. The maximum absolute atomic E-state index is 13.3. The van der Waals surface area contributed by atoms with Gasteiger partial charge in [0.05, 0.1) is 21.4 Å². The molecule has 0 fully saturated rings.